The molecule has 4 heterocycles. The van der Waals surface area contributed by atoms with Crippen LogP contribution in [0.2, 0.25) is 0 Å². The highest BCUT2D eigenvalue weighted by atomic mass is 32.1. The number of nitrogens with zero attached hydrogens (tertiary/aromatic N) is 4. The molecule has 1 saturated heterocycles. The smallest absolute Gasteiger partial charge is 0.288 e. The quantitative estimate of drug-likeness (QED) is 0.299. The molecule has 0 aliphatic carbocycles. The Morgan fingerprint density at radius 2 is 1.95 bits per heavy atom. The number of ether oxygens (including phenoxy) is 1. The largest absolute Gasteiger partial charge is 0.490 e. The third-order valence-corrected chi connectivity index (χ3v) is 8.52. The van der Waals surface area contributed by atoms with Gasteiger partial charge in [0.15, 0.2) is 17.4 Å². The van der Waals surface area contributed by atoms with Crippen LogP contribution in [-0.4, -0.2) is 34.2 Å². The van der Waals surface area contributed by atoms with Gasteiger partial charge in [0.05, 0.1) is 36.7 Å². The van der Waals surface area contributed by atoms with Crippen molar-refractivity contribution in [3.63, 3.8) is 0 Å². The van der Waals surface area contributed by atoms with Crippen molar-refractivity contribution in [1.82, 2.24) is 19.9 Å². The van der Waals surface area contributed by atoms with Gasteiger partial charge < -0.3 is 10.1 Å². The van der Waals surface area contributed by atoms with E-state index < -0.39 is 17.4 Å². The first-order valence-corrected chi connectivity index (χ1v) is 13.8. The number of piperidine rings is 1. The van der Waals surface area contributed by atoms with E-state index in [9.17, 15) is 14.4 Å². The van der Waals surface area contributed by atoms with Crippen LogP contribution in [0.15, 0.2) is 65.7 Å². The molecule has 5 aromatic rings. The lowest BCUT2D eigenvalue weighted by molar-refractivity contribution is 0.214. The normalized spacial score (nSPS) is 14.9. The number of pyridine rings is 1. The maximum atomic E-state index is 14.9. The van der Waals surface area contributed by atoms with Crippen LogP contribution in [0.3, 0.4) is 0 Å². The Labute approximate surface area is 228 Å². The fraction of sp³-hybridized carbons (Fsp3) is 0.267. The van der Waals surface area contributed by atoms with Crippen LogP contribution >= 0.6 is 11.3 Å². The van der Waals surface area contributed by atoms with E-state index in [0.717, 1.165) is 47.1 Å². The number of hydrogen-bond donors (Lipinski definition) is 1. The summed E-state index contributed by atoms with van der Waals surface area (Å²) in [5.74, 6) is 0.896. The van der Waals surface area contributed by atoms with Gasteiger partial charge in [0.2, 0.25) is 0 Å². The fourth-order valence-electron chi connectivity index (χ4n) is 5.13. The minimum Gasteiger partial charge on any atom is -0.490 e. The van der Waals surface area contributed by atoms with Crippen molar-refractivity contribution in [1.29, 1.82) is 5.26 Å². The van der Waals surface area contributed by atoms with Gasteiger partial charge in [-0.1, -0.05) is 18.2 Å². The molecule has 1 atom stereocenters. The second-order valence-electron chi connectivity index (χ2n) is 9.86. The van der Waals surface area contributed by atoms with E-state index >= 15 is 0 Å². The summed E-state index contributed by atoms with van der Waals surface area (Å²) in [4.78, 5) is 22.8. The molecule has 39 heavy (non-hydrogen) atoms. The van der Waals surface area contributed by atoms with Crippen LogP contribution in [0.25, 0.3) is 31.7 Å². The summed E-state index contributed by atoms with van der Waals surface area (Å²) in [5.41, 5.74) is 1.43. The van der Waals surface area contributed by atoms with Crippen LogP contribution in [0.5, 0.6) is 5.75 Å². The summed E-state index contributed by atoms with van der Waals surface area (Å²) in [7, 11) is 0. The molecular formula is C30H26FN5O2S. The number of aromatic nitrogens is 3. The summed E-state index contributed by atoms with van der Waals surface area (Å²) >= 11 is 1.42. The average Bonchev–Trinajstić information content (AvgIpc) is 3.34. The maximum absolute atomic E-state index is 14.9. The lowest BCUT2D eigenvalue weighted by atomic mass is 9.99. The van der Waals surface area contributed by atoms with Crippen molar-refractivity contribution in [2.45, 2.75) is 25.8 Å². The summed E-state index contributed by atoms with van der Waals surface area (Å²) < 4.78 is 23.2. The highest BCUT2D eigenvalue weighted by Gasteiger charge is 2.20. The number of thiophene rings is 1. The Hall–Kier alpha value is -4.13. The fourth-order valence-corrected chi connectivity index (χ4v) is 6.37. The van der Waals surface area contributed by atoms with Gasteiger partial charge in [-0.05, 0) is 74.7 Å². The molecule has 7 nitrogen and oxygen atoms in total. The van der Waals surface area contributed by atoms with Crippen LogP contribution < -0.4 is 15.6 Å². The van der Waals surface area contributed by atoms with Crippen molar-refractivity contribution in [3.8, 4) is 23.2 Å². The summed E-state index contributed by atoms with van der Waals surface area (Å²) in [5, 5.41) is 14.1. The molecule has 9 heteroatoms. The van der Waals surface area contributed by atoms with Crippen LogP contribution in [0.1, 0.15) is 36.9 Å². The van der Waals surface area contributed by atoms with Gasteiger partial charge in [-0.3, -0.25) is 9.36 Å². The van der Waals surface area contributed by atoms with E-state index in [1.54, 1.807) is 24.5 Å². The first-order valence-electron chi connectivity index (χ1n) is 12.9. The monoisotopic (exact) mass is 539 g/mol. The third kappa shape index (κ3) is 4.89. The number of halogens is 1. The van der Waals surface area contributed by atoms with E-state index in [1.807, 2.05) is 37.3 Å². The highest BCUT2D eigenvalue weighted by molar-refractivity contribution is 7.25. The molecular weight excluding hydrogens is 513 g/mol. The average molecular weight is 540 g/mol. The molecule has 0 spiro atoms. The Morgan fingerprint density at radius 3 is 2.72 bits per heavy atom. The lowest BCUT2D eigenvalue weighted by Gasteiger charge is -2.22. The van der Waals surface area contributed by atoms with Crippen molar-refractivity contribution in [2.75, 3.05) is 19.7 Å². The topological polar surface area (TPSA) is 92.8 Å². The molecule has 2 aromatic carbocycles. The molecule has 1 aliphatic heterocycles. The van der Waals surface area contributed by atoms with Gasteiger partial charge in [-0.15, -0.1) is 11.3 Å². The molecule has 0 amide bonds. The second-order valence-corrected chi connectivity index (χ2v) is 10.9. The zero-order valence-electron chi connectivity index (χ0n) is 21.4. The molecule has 0 unspecified atom stereocenters. The summed E-state index contributed by atoms with van der Waals surface area (Å²) in [6.45, 7) is 4.58. The molecule has 0 bridgehead atoms. The zero-order chi connectivity index (χ0) is 26.9. The Kier molecular flexibility index (Phi) is 6.81. The third-order valence-electron chi connectivity index (χ3n) is 7.34. The molecule has 0 saturated carbocycles. The molecule has 0 radical (unpaired) electrons. The van der Waals surface area contributed by atoms with Gasteiger partial charge in [-0.2, -0.15) is 5.26 Å². The minimum absolute atomic E-state index is 0.452. The molecule has 1 N–H and O–H groups in total. The van der Waals surface area contributed by atoms with E-state index in [0.29, 0.717) is 39.9 Å². The number of nitrogens with one attached hydrogen (secondary N) is 1. The highest BCUT2D eigenvalue weighted by Crippen LogP contribution is 2.36. The predicted molar refractivity (Wildman–Crippen MR) is 151 cm³/mol. The zero-order valence-corrected chi connectivity index (χ0v) is 22.2. The Bertz CT molecular complexity index is 1770. The number of rotatable bonds is 6. The first kappa shape index (κ1) is 25.2. The van der Waals surface area contributed by atoms with Crippen molar-refractivity contribution in [3.05, 3.63) is 88.2 Å². The van der Waals surface area contributed by atoms with Gasteiger partial charge in [0.1, 0.15) is 4.83 Å². The SMILES string of the molecule is C[C@@H](c1cccc(-c2ncc(OCC3CCNCC3)cn2)c1)n1c(=O)c(F)cc2c3cc(C#N)ccc3sc21. The molecule has 3 aromatic heterocycles. The van der Waals surface area contributed by atoms with Gasteiger partial charge in [0.25, 0.3) is 5.56 Å². The summed E-state index contributed by atoms with van der Waals surface area (Å²) in [6, 6.07) is 15.9. The molecule has 196 valence electrons. The molecule has 1 fully saturated rings. The van der Waals surface area contributed by atoms with Gasteiger partial charge >= 0.3 is 0 Å². The van der Waals surface area contributed by atoms with E-state index in [1.165, 1.54) is 22.0 Å². The number of hydrogen-bond acceptors (Lipinski definition) is 7. The van der Waals surface area contributed by atoms with E-state index in [4.69, 9.17) is 4.74 Å². The van der Waals surface area contributed by atoms with Crippen molar-refractivity contribution >= 4 is 31.6 Å². The lowest BCUT2D eigenvalue weighted by Crippen LogP contribution is -2.30. The standard InChI is InChI=1S/C30H26FN5O2S/c1-18(36-29(37)26(31)13-25-24-11-20(14-32)5-6-27(24)39-30(25)36)21-3-2-4-22(12-21)28-34-15-23(16-35-28)38-17-19-7-9-33-10-8-19/h2-6,11-13,15-16,18-19,33H,7-10,17H2,1H3/t18-/m0/s1. The number of nitriles is 1. The van der Waals surface area contributed by atoms with Gasteiger partial charge in [0, 0.05) is 21.0 Å². The van der Waals surface area contributed by atoms with Crippen LogP contribution in [-0.2, 0) is 0 Å². The molecule has 6 rings (SSSR count). The van der Waals surface area contributed by atoms with Gasteiger partial charge in [-0.25, -0.2) is 14.4 Å². The second kappa shape index (κ2) is 10.6. The summed E-state index contributed by atoms with van der Waals surface area (Å²) in [6.07, 6.45) is 5.58. The maximum Gasteiger partial charge on any atom is 0.288 e. The minimum atomic E-state index is -0.823. The van der Waals surface area contributed by atoms with E-state index in [-0.39, 0.29) is 0 Å². The Morgan fingerprint density at radius 1 is 1.15 bits per heavy atom. The predicted octanol–water partition coefficient (Wildman–Crippen LogP) is 5.67. The molecule has 1 aliphatic rings. The van der Waals surface area contributed by atoms with Crippen LogP contribution in [0, 0.1) is 23.1 Å². The number of fused-ring (bicyclic) bond motifs is 3. The van der Waals surface area contributed by atoms with E-state index in [2.05, 4.69) is 21.4 Å². The number of benzene rings is 2. The Balaban J connectivity index is 1.31. The van der Waals surface area contributed by atoms with Crippen LogP contribution in [0.4, 0.5) is 4.39 Å². The van der Waals surface area contributed by atoms with Crippen molar-refractivity contribution < 1.29 is 9.13 Å². The van der Waals surface area contributed by atoms with Crippen molar-refractivity contribution in [2.24, 2.45) is 5.92 Å². The first-order chi connectivity index (χ1) is 19.0.